The summed E-state index contributed by atoms with van der Waals surface area (Å²) >= 11 is 0. The van der Waals surface area contributed by atoms with Crippen molar-refractivity contribution in [2.75, 3.05) is 31.9 Å². The Balaban J connectivity index is 0.000000221. The SMILES string of the molecule is CC(=O)Nc1[nH]cc(-c2ccc(NC(=O)Nc3cccc(F)c3)cc2)c1C(N)=O.CC(=O)Nc1[nH]cc(-c2ccc(NC(=O)Nc3cccc(F)c3)cc2)c1C(N)=O. The standard InChI is InChI=1S/2C20H18FN5O3/c2*1-11(27)24-19-17(18(22)28)16(10-23-19)12-5-7-14(8-6-12)25-20(29)26-15-4-2-3-13(21)9-15/h2*2-10,23H,1H3,(H2,22,28)(H,24,27)(H2,25,26,29). The van der Waals surface area contributed by atoms with Crippen molar-refractivity contribution < 1.29 is 37.5 Å². The predicted molar refractivity (Wildman–Crippen MR) is 216 cm³/mol. The molecule has 8 amide bonds. The van der Waals surface area contributed by atoms with E-state index in [0.717, 1.165) is 0 Å². The van der Waals surface area contributed by atoms with E-state index in [0.29, 0.717) is 45.0 Å². The van der Waals surface area contributed by atoms with Crippen molar-refractivity contribution in [2.24, 2.45) is 11.5 Å². The number of carbonyl (C=O) groups is 6. The fourth-order valence-electron chi connectivity index (χ4n) is 5.55. The molecular formula is C40H36F2N10O6. The fraction of sp³-hybridized carbons (Fsp3) is 0.0500. The first-order chi connectivity index (χ1) is 27.7. The zero-order valence-electron chi connectivity index (χ0n) is 30.8. The van der Waals surface area contributed by atoms with Crippen LogP contribution in [0.1, 0.15) is 34.6 Å². The molecular weight excluding hydrogens is 754 g/mol. The molecule has 0 atom stereocenters. The molecule has 0 saturated carbocycles. The van der Waals surface area contributed by atoms with Gasteiger partial charge in [-0.2, -0.15) is 0 Å². The zero-order chi connectivity index (χ0) is 41.9. The highest BCUT2D eigenvalue weighted by molar-refractivity contribution is 6.08. The number of nitrogens with two attached hydrogens (primary N) is 2. The first kappa shape index (κ1) is 40.9. The summed E-state index contributed by atoms with van der Waals surface area (Å²) in [7, 11) is 0. The Labute approximate surface area is 328 Å². The molecule has 0 radical (unpaired) electrons. The third-order valence-corrected chi connectivity index (χ3v) is 7.93. The first-order valence-corrected chi connectivity index (χ1v) is 17.1. The van der Waals surface area contributed by atoms with Crippen LogP contribution in [-0.2, 0) is 9.59 Å². The molecule has 2 aromatic heterocycles. The molecule has 0 aliphatic heterocycles. The number of anilines is 6. The number of amides is 8. The van der Waals surface area contributed by atoms with E-state index in [1.807, 2.05) is 0 Å². The highest BCUT2D eigenvalue weighted by atomic mass is 19.1. The Kier molecular flexibility index (Phi) is 13.0. The number of carbonyl (C=O) groups excluding carboxylic acids is 6. The third-order valence-electron chi connectivity index (χ3n) is 7.93. The van der Waals surface area contributed by atoms with E-state index in [1.165, 1.54) is 50.2 Å². The van der Waals surface area contributed by atoms with E-state index in [4.69, 9.17) is 11.5 Å². The van der Waals surface area contributed by atoms with Crippen molar-refractivity contribution >= 4 is 70.1 Å². The Bertz CT molecular complexity index is 2330. The quantitative estimate of drug-likeness (QED) is 0.0695. The third kappa shape index (κ3) is 10.9. The molecule has 2 heterocycles. The van der Waals surface area contributed by atoms with Gasteiger partial charge in [0.1, 0.15) is 23.3 Å². The smallest absolute Gasteiger partial charge is 0.323 e. The Morgan fingerprint density at radius 2 is 0.828 bits per heavy atom. The maximum absolute atomic E-state index is 13.2. The lowest BCUT2D eigenvalue weighted by molar-refractivity contribution is -0.115. The monoisotopic (exact) mass is 790 g/mol. The van der Waals surface area contributed by atoms with Crippen LogP contribution < -0.4 is 43.4 Å². The molecule has 0 saturated heterocycles. The maximum Gasteiger partial charge on any atom is 0.323 e. The topological polar surface area (TPSA) is 258 Å². The second kappa shape index (κ2) is 18.4. The number of halogens is 2. The molecule has 0 aliphatic carbocycles. The van der Waals surface area contributed by atoms with E-state index in [1.54, 1.807) is 73.1 Å². The molecule has 0 unspecified atom stereocenters. The highest BCUT2D eigenvalue weighted by Crippen LogP contribution is 2.31. The van der Waals surface area contributed by atoms with Gasteiger partial charge in [0.2, 0.25) is 11.8 Å². The molecule has 6 aromatic rings. The summed E-state index contributed by atoms with van der Waals surface area (Å²) in [5.74, 6) is -2.55. The lowest BCUT2D eigenvalue weighted by Crippen LogP contribution is -2.19. The molecule has 16 nitrogen and oxygen atoms in total. The van der Waals surface area contributed by atoms with Gasteiger partial charge in [0.05, 0.1) is 11.1 Å². The zero-order valence-corrected chi connectivity index (χ0v) is 30.8. The molecule has 58 heavy (non-hydrogen) atoms. The van der Waals surface area contributed by atoms with Crippen LogP contribution in [0.25, 0.3) is 22.3 Å². The van der Waals surface area contributed by atoms with E-state index < -0.39 is 35.5 Å². The summed E-state index contributed by atoms with van der Waals surface area (Å²) < 4.78 is 26.4. The number of aromatic nitrogens is 2. The van der Waals surface area contributed by atoms with Crippen LogP contribution in [0.4, 0.5) is 52.8 Å². The van der Waals surface area contributed by atoms with Crippen LogP contribution in [0, 0.1) is 11.6 Å². The Morgan fingerprint density at radius 3 is 1.14 bits per heavy atom. The molecule has 0 bridgehead atoms. The summed E-state index contributed by atoms with van der Waals surface area (Å²) in [6.07, 6.45) is 3.12. The molecule has 0 fully saturated rings. The van der Waals surface area contributed by atoms with E-state index >= 15 is 0 Å². The van der Waals surface area contributed by atoms with Crippen LogP contribution in [0.2, 0.25) is 0 Å². The number of urea groups is 2. The summed E-state index contributed by atoms with van der Waals surface area (Å²) in [4.78, 5) is 76.0. The minimum absolute atomic E-state index is 0.157. The van der Waals surface area contributed by atoms with Crippen LogP contribution in [-0.4, -0.2) is 45.7 Å². The normalized spacial score (nSPS) is 10.3. The van der Waals surface area contributed by atoms with Gasteiger partial charge in [0.15, 0.2) is 0 Å². The molecule has 18 heteroatoms. The van der Waals surface area contributed by atoms with E-state index in [2.05, 4.69) is 41.9 Å². The van der Waals surface area contributed by atoms with Crippen molar-refractivity contribution in [3.8, 4) is 22.3 Å². The van der Waals surface area contributed by atoms with Gasteiger partial charge in [-0.25, -0.2) is 18.4 Å². The van der Waals surface area contributed by atoms with Crippen LogP contribution in [0.3, 0.4) is 0 Å². The van der Waals surface area contributed by atoms with Gasteiger partial charge >= 0.3 is 12.1 Å². The molecule has 0 aliphatic rings. The Hall–Kier alpha value is -8.28. The number of rotatable bonds is 10. The number of hydrogen-bond acceptors (Lipinski definition) is 6. The minimum atomic E-state index is -0.693. The van der Waals surface area contributed by atoms with Crippen molar-refractivity contribution in [2.45, 2.75) is 13.8 Å². The van der Waals surface area contributed by atoms with Crippen molar-refractivity contribution in [3.05, 3.63) is 132 Å². The van der Waals surface area contributed by atoms with Gasteiger partial charge in [-0.3, -0.25) is 19.2 Å². The number of H-pyrrole nitrogens is 2. The molecule has 6 rings (SSSR count). The van der Waals surface area contributed by atoms with Gasteiger partial charge in [-0.05, 0) is 71.8 Å². The number of hydrogen-bond donors (Lipinski definition) is 10. The second-order valence-corrected chi connectivity index (χ2v) is 12.3. The minimum Gasteiger partial charge on any atom is -0.365 e. The predicted octanol–water partition coefficient (Wildman–Crippen LogP) is 7.04. The van der Waals surface area contributed by atoms with Crippen LogP contribution in [0.15, 0.2) is 109 Å². The first-order valence-electron chi connectivity index (χ1n) is 17.1. The van der Waals surface area contributed by atoms with E-state index in [9.17, 15) is 37.5 Å². The lowest BCUT2D eigenvalue weighted by atomic mass is 10.0. The summed E-state index contributed by atoms with van der Waals surface area (Å²) in [5, 5.41) is 15.4. The second-order valence-electron chi connectivity index (χ2n) is 12.3. The molecule has 12 N–H and O–H groups in total. The average Bonchev–Trinajstić information content (AvgIpc) is 3.76. The number of benzene rings is 4. The van der Waals surface area contributed by atoms with Gasteiger partial charge < -0.3 is 53.3 Å². The van der Waals surface area contributed by atoms with Gasteiger partial charge in [-0.1, -0.05) is 36.4 Å². The van der Waals surface area contributed by atoms with Gasteiger partial charge in [0.25, 0.3) is 11.8 Å². The fourth-order valence-corrected chi connectivity index (χ4v) is 5.55. The van der Waals surface area contributed by atoms with Crippen molar-refractivity contribution in [1.29, 1.82) is 0 Å². The van der Waals surface area contributed by atoms with Crippen LogP contribution >= 0.6 is 0 Å². The number of primary amides is 2. The van der Waals surface area contributed by atoms with Gasteiger partial charge in [-0.15, -0.1) is 0 Å². The van der Waals surface area contributed by atoms with Crippen molar-refractivity contribution in [1.82, 2.24) is 9.97 Å². The highest BCUT2D eigenvalue weighted by Gasteiger charge is 2.20. The summed E-state index contributed by atoms with van der Waals surface area (Å²) in [6.45, 7) is 2.64. The molecule has 4 aromatic carbocycles. The maximum atomic E-state index is 13.2. The molecule has 0 spiro atoms. The number of nitrogens with one attached hydrogen (secondary N) is 8. The lowest BCUT2D eigenvalue weighted by Gasteiger charge is -2.09. The number of aromatic amines is 2. The average molecular weight is 791 g/mol. The van der Waals surface area contributed by atoms with Gasteiger partial charge in [0, 0.05) is 60.1 Å². The summed E-state index contributed by atoms with van der Waals surface area (Å²) in [5.41, 5.74) is 15.2. The molecule has 296 valence electrons. The Morgan fingerprint density at radius 1 is 0.483 bits per heavy atom. The van der Waals surface area contributed by atoms with Crippen molar-refractivity contribution in [3.63, 3.8) is 0 Å². The van der Waals surface area contributed by atoms with E-state index in [-0.39, 0.29) is 34.6 Å². The largest absolute Gasteiger partial charge is 0.365 e. The van der Waals surface area contributed by atoms with Crippen LogP contribution in [0.5, 0.6) is 0 Å². The summed E-state index contributed by atoms with van der Waals surface area (Å²) in [6, 6.07) is 23.3.